The summed E-state index contributed by atoms with van der Waals surface area (Å²) in [5.74, 6) is -1.31. The van der Waals surface area contributed by atoms with Crippen molar-refractivity contribution in [2.75, 3.05) is 5.32 Å². The van der Waals surface area contributed by atoms with Gasteiger partial charge in [-0.2, -0.15) is 0 Å². The predicted octanol–water partition coefficient (Wildman–Crippen LogP) is 6.19. The van der Waals surface area contributed by atoms with E-state index in [2.05, 4.69) is 10.5 Å². The van der Waals surface area contributed by atoms with E-state index in [1.54, 1.807) is 31.2 Å². The number of benzene rings is 2. The van der Waals surface area contributed by atoms with Crippen molar-refractivity contribution in [1.29, 1.82) is 0 Å². The number of hydrogen-bond donors (Lipinski definition) is 1. The van der Waals surface area contributed by atoms with Crippen LogP contribution in [0.25, 0.3) is 11.3 Å². The summed E-state index contributed by atoms with van der Waals surface area (Å²) in [4.78, 5) is 12.2. The van der Waals surface area contributed by atoms with Gasteiger partial charge in [-0.3, -0.25) is 4.79 Å². The van der Waals surface area contributed by atoms with Crippen molar-refractivity contribution in [3.63, 3.8) is 0 Å². The molecule has 0 unspecified atom stereocenters. The van der Waals surface area contributed by atoms with Gasteiger partial charge in [0.05, 0.1) is 16.0 Å². The van der Waals surface area contributed by atoms with Gasteiger partial charge in [0.15, 0.2) is 0 Å². The monoisotopic (exact) mass is 442 g/mol. The molecule has 9 heteroatoms. The topological polar surface area (TPSA) is 55.1 Å². The molecule has 0 aliphatic rings. The Bertz CT molecular complexity index is 993. The maximum Gasteiger partial charge on any atom is 0.237 e. The zero-order chi connectivity index (χ0) is 20.3. The van der Waals surface area contributed by atoms with E-state index in [0.717, 1.165) is 12.1 Å². The highest BCUT2D eigenvalue weighted by Gasteiger charge is 2.19. The van der Waals surface area contributed by atoms with Crippen LogP contribution in [-0.2, 0) is 10.5 Å². The number of carbonyl (C=O) groups is 1. The Morgan fingerprint density at radius 1 is 1.21 bits per heavy atom. The fraction of sp³-hybridized carbons (Fsp3) is 0.158. The first kappa shape index (κ1) is 20.6. The van der Waals surface area contributed by atoms with Gasteiger partial charge in [0, 0.05) is 16.7 Å². The molecule has 0 aliphatic carbocycles. The molecule has 3 rings (SSSR count). The second kappa shape index (κ2) is 8.94. The van der Waals surface area contributed by atoms with Crippen molar-refractivity contribution in [1.82, 2.24) is 5.16 Å². The summed E-state index contributed by atoms with van der Waals surface area (Å²) < 4.78 is 32.6. The van der Waals surface area contributed by atoms with Crippen molar-refractivity contribution in [2.24, 2.45) is 0 Å². The molecule has 0 fully saturated rings. The molecule has 0 spiro atoms. The first-order valence-electron chi connectivity index (χ1n) is 8.12. The summed E-state index contributed by atoms with van der Waals surface area (Å²) in [6.07, 6.45) is 0. The number of carbonyl (C=O) groups excluding carboxylic acids is 1. The van der Waals surface area contributed by atoms with E-state index in [1.165, 1.54) is 17.8 Å². The van der Waals surface area contributed by atoms with E-state index in [0.29, 0.717) is 32.8 Å². The van der Waals surface area contributed by atoms with Gasteiger partial charge in [0.2, 0.25) is 5.91 Å². The van der Waals surface area contributed by atoms with Crippen molar-refractivity contribution in [3.8, 4) is 11.3 Å². The zero-order valence-corrected chi connectivity index (χ0v) is 16.8. The molecule has 0 saturated heterocycles. The van der Waals surface area contributed by atoms with Gasteiger partial charge >= 0.3 is 0 Å². The minimum Gasteiger partial charge on any atom is -0.360 e. The molecule has 0 bridgehead atoms. The first-order valence-corrected chi connectivity index (χ1v) is 9.93. The van der Waals surface area contributed by atoms with Crippen LogP contribution in [0.15, 0.2) is 47.0 Å². The fourth-order valence-electron chi connectivity index (χ4n) is 2.33. The van der Waals surface area contributed by atoms with E-state index in [9.17, 15) is 13.6 Å². The van der Waals surface area contributed by atoms with Gasteiger partial charge < -0.3 is 9.84 Å². The summed E-state index contributed by atoms with van der Waals surface area (Å²) in [5.41, 5.74) is 0.758. The largest absolute Gasteiger partial charge is 0.360 e. The number of aromatic nitrogens is 1. The van der Waals surface area contributed by atoms with E-state index < -0.39 is 28.5 Å². The van der Waals surface area contributed by atoms with Crippen LogP contribution in [0.1, 0.15) is 12.7 Å². The van der Waals surface area contributed by atoms with E-state index in [-0.39, 0.29) is 0 Å². The summed E-state index contributed by atoms with van der Waals surface area (Å²) in [6.45, 7) is 1.63. The second-order valence-electron chi connectivity index (χ2n) is 5.84. The molecule has 1 aromatic heterocycles. The molecule has 0 saturated carbocycles. The number of rotatable bonds is 6. The van der Waals surface area contributed by atoms with Crippen LogP contribution in [0.4, 0.5) is 14.5 Å². The van der Waals surface area contributed by atoms with E-state index in [1.807, 2.05) is 0 Å². The summed E-state index contributed by atoms with van der Waals surface area (Å²) in [6, 6.07) is 10.1. The Morgan fingerprint density at radius 2 is 1.93 bits per heavy atom. The number of para-hydroxylation sites is 1. The van der Waals surface area contributed by atoms with Crippen molar-refractivity contribution in [2.45, 2.75) is 17.9 Å². The third-order valence-electron chi connectivity index (χ3n) is 3.82. The Morgan fingerprint density at radius 3 is 2.61 bits per heavy atom. The maximum absolute atomic E-state index is 13.6. The molecular formula is C19H14Cl2F2N2O2S. The van der Waals surface area contributed by atoms with Crippen LogP contribution in [-0.4, -0.2) is 16.3 Å². The molecule has 28 heavy (non-hydrogen) atoms. The van der Waals surface area contributed by atoms with Crippen LogP contribution < -0.4 is 5.32 Å². The van der Waals surface area contributed by atoms with Crippen molar-refractivity contribution >= 4 is 46.6 Å². The fourth-order valence-corrected chi connectivity index (χ4v) is 3.60. The molecule has 1 atom stereocenters. The van der Waals surface area contributed by atoms with Gasteiger partial charge in [-0.25, -0.2) is 8.78 Å². The SMILES string of the molecule is C[C@@H](SCc1cc(-c2ccc(Cl)cc2Cl)no1)C(=O)Nc1c(F)cccc1F. The number of nitrogens with zero attached hydrogens (tertiary/aromatic N) is 1. The number of thioether (sulfide) groups is 1. The highest BCUT2D eigenvalue weighted by atomic mass is 35.5. The third-order valence-corrected chi connectivity index (χ3v) is 5.53. The second-order valence-corrected chi connectivity index (χ2v) is 8.01. The van der Waals surface area contributed by atoms with Gasteiger partial charge in [0.25, 0.3) is 0 Å². The minimum absolute atomic E-state index is 0.340. The molecule has 1 N–H and O–H groups in total. The molecule has 4 nitrogen and oxygen atoms in total. The Balaban J connectivity index is 1.61. The van der Waals surface area contributed by atoms with Crippen molar-refractivity contribution < 1.29 is 18.1 Å². The smallest absolute Gasteiger partial charge is 0.237 e. The summed E-state index contributed by atoms with van der Waals surface area (Å²) in [5, 5.41) is 6.63. The van der Waals surface area contributed by atoms with Crippen LogP contribution in [0, 0.1) is 11.6 Å². The quantitative estimate of drug-likeness (QED) is 0.494. The maximum atomic E-state index is 13.6. The molecule has 2 aromatic carbocycles. The van der Waals surface area contributed by atoms with Gasteiger partial charge in [0.1, 0.15) is 28.8 Å². The predicted molar refractivity (Wildman–Crippen MR) is 108 cm³/mol. The van der Waals surface area contributed by atoms with E-state index >= 15 is 0 Å². The van der Waals surface area contributed by atoms with Crippen LogP contribution in [0.2, 0.25) is 10.0 Å². The Hall–Kier alpha value is -2.09. The lowest BCUT2D eigenvalue weighted by molar-refractivity contribution is -0.115. The van der Waals surface area contributed by atoms with Crippen LogP contribution in [0.3, 0.4) is 0 Å². The van der Waals surface area contributed by atoms with Crippen LogP contribution >= 0.6 is 35.0 Å². The third kappa shape index (κ3) is 4.84. The Labute approximate surface area is 174 Å². The number of halogens is 4. The van der Waals surface area contributed by atoms with Gasteiger partial charge in [-0.1, -0.05) is 34.4 Å². The number of hydrogen-bond acceptors (Lipinski definition) is 4. The average molecular weight is 443 g/mol. The average Bonchev–Trinajstić information content (AvgIpc) is 3.11. The molecule has 3 aromatic rings. The van der Waals surface area contributed by atoms with Crippen LogP contribution in [0.5, 0.6) is 0 Å². The summed E-state index contributed by atoms with van der Waals surface area (Å²) in [7, 11) is 0. The first-order chi connectivity index (χ1) is 13.3. The molecule has 1 amide bonds. The standard InChI is InChI=1S/C19H14Cl2F2N2O2S/c1-10(19(26)24-18-15(22)3-2-4-16(18)23)28-9-12-8-17(25-27-12)13-6-5-11(20)7-14(13)21/h2-8,10H,9H2,1H3,(H,24,26)/t10-/m1/s1. The lowest BCUT2D eigenvalue weighted by Crippen LogP contribution is -2.23. The zero-order valence-electron chi connectivity index (χ0n) is 14.5. The molecular weight excluding hydrogens is 429 g/mol. The molecule has 1 heterocycles. The van der Waals surface area contributed by atoms with Crippen molar-refractivity contribution in [3.05, 3.63) is 69.9 Å². The minimum atomic E-state index is -0.828. The lowest BCUT2D eigenvalue weighted by atomic mass is 10.1. The normalized spacial score (nSPS) is 12.0. The molecule has 0 radical (unpaired) electrons. The van der Waals surface area contributed by atoms with E-state index in [4.69, 9.17) is 27.7 Å². The highest BCUT2D eigenvalue weighted by Crippen LogP contribution is 2.31. The number of nitrogens with one attached hydrogen (secondary N) is 1. The lowest BCUT2D eigenvalue weighted by Gasteiger charge is -2.12. The highest BCUT2D eigenvalue weighted by molar-refractivity contribution is 7.99. The number of anilines is 1. The number of amides is 1. The molecule has 0 aliphatic heterocycles. The summed E-state index contributed by atoms with van der Waals surface area (Å²) >= 11 is 13.3. The van der Waals surface area contributed by atoms with Gasteiger partial charge in [-0.15, -0.1) is 11.8 Å². The Kier molecular flexibility index (Phi) is 6.59. The van der Waals surface area contributed by atoms with Gasteiger partial charge in [-0.05, 0) is 37.3 Å². The molecule has 146 valence electrons.